The van der Waals surface area contributed by atoms with Gasteiger partial charge in [-0.2, -0.15) is 0 Å². The van der Waals surface area contributed by atoms with Gasteiger partial charge in [-0.25, -0.2) is 9.97 Å². The molecule has 0 radical (unpaired) electrons. The molecule has 4 heteroatoms. The smallest absolute Gasteiger partial charge is 0.147 e. The Balaban J connectivity index is 2.21. The zero-order chi connectivity index (χ0) is 12.8. The van der Waals surface area contributed by atoms with Crippen LogP contribution in [0.2, 0.25) is 0 Å². The summed E-state index contributed by atoms with van der Waals surface area (Å²) in [6.45, 7) is 3.77. The van der Waals surface area contributed by atoms with Crippen LogP contribution in [0.3, 0.4) is 0 Å². The molecule has 0 fully saturated rings. The number of anilines is 2. The van der Waals surface area contributed by atoms with Crippen molar-refractivity contribution in [1.29, 1.82) is 0 Å². The molecule has 0 aliphatic carbocycles. The number of hydrogen-bond donors (Lipinski definition) is 1. The molecule has 4 nitrogen and oxygen atoms in total. The number of rotatable bonds is 5. The van der Waals surface area contributed by atoms with Crippen molar-refractivity contribution in [2.45, 2.75) is 19.9 Å². The fourth-order valence-electron chi connectivity index (χ4n) is 1.91. The third kappa shape index (κ3) is 2.97. The van der Waals surface area contributed by atoms with Crippen molar-refractivity contribution >= 4 is 11.4 Å². The Labute approximate surface area is 107 Å². The molecule has 0 saturated carbocycles. The topological polar surface area (TPSA) is 55.0 Å². The maximum Gasteiger partial charge on any atom is 0.147 e. The molecule has 2 aromatic rings. The molecule has 0 bridgehead atoms. The van der Waals surface area contributed by atoms with Gasteiger partial charge in [0.05, 0.1) is 17.9 Å². The van der Waals surface area contributed by atoms with Crippen LogP contribution in [0.15, 0.2) is 42.7 Å². The van der Waals surface area contributed by atoms with Crippen LogP contribution in [0.25, 0.3) is 0 Å². The number of benzene rings is 1. The first-order valence-corrected chi connectivity index (χ1v) is 6.16. The molecular formula is C14H18N4. The Hall–Kier alpha value is -2.10. The van der Waals surface area contributed by atoms with Crippen LogP contribution in [-0.2, 0) is 6.54 Å². The first-order valence-electron chi connectivity index (χ1n) is 6.16. The summed E-state index contributed by atoms with van der Waals surface area (Å²) in [6, 6.07) is 9.73. The third-order valence-electron chi connectivity index (χ3n) is 2.72. The number of hydrogen-bond acceptors (Lipinski definition) is 4. The quantitative estimate of drug-likeness (QED) is 0.818. The highest BCUT2D eigenvalue weighted by molar-refractivity contribution is 5.67. The van der Waals surface area contributed by atoms with E-state index in [9.17, 15) is 0 Å². The Kier molecular flexibility index (Phi) is 4.12. The van der Waals surface area contributed by atoms with Gasteiger partial charge in [0.25, 0.3) is 0 Å². The van der Waals surface area contributed by atoms with Gasteiger partial charge in [0.1, 0.15) is 5.82 Å². The van der Waals surface area contributed by atoms with Gasteiger partial charge in [-0.05, 0) is 24.6 Å². The van der Waals surface area contributed by atoms with E-state index in [0.717, 1.165) is 30.2 Å². The van der Waals surface area contributed by atoms with E-state index in [1.807, 2.05) is 30.3 Å². The van der Waals surface area contributed by atoms with Gasteiger partial charge in [-0.1, -0.05) is 19.1 Å². The van der Waals surface area contributed by atoms with Crippen molar-refractivity contribution in [3.8, 4) is 0 Å². The molecule has 1 aromatic heterocycles. The number of nitrogen functional groups attached to an aromatic ring is 1. The summed E-state index contributed by atoms with van der Waals surface area (Å²) in [5.41, 5.74) is 7.86. The minimum atomic E-state index is 0.683. The average Bonchev–Trinajstić information content (AvgIpc) is 2.40. The van der Waals surface area contributed by atoms with E-state index in [1.54, 1.807) is 12.4 Å². The number of para-hydroxylation sites is 2. The number of nitrogens with two attached hydrogens (primary N) is 1. The molecule has 1 heterocycles. The summed E-state index contributed by atoms with van der Waals surface area (Å²) < 4.78 is 0. The van der Waals surface area contributed by atoms with E-state index in [-0.39, 0.29) is 0 Å². The molecule has 0 amide bonds. The largest absolute Gasteiger partial charge is 0.397 e. The maximum absolute atomic E-state index is 6.02. The van der Waals surface area contributed by atoms with Crippen LogP contribution in [0.1, 0.15) is 19.2 Å². The summed E-state index contributed by atoms with van der Waals surface area (Å²) in [5, 5.41) is 0. The Bertz CT molecular complexity index is 484. The van der Waals surface area contributed by atoms with Crippen LogP contribution < -0.4 is 10.6 Å². The summed E-state index contributed by atoms with van der Waals surface area (Å²) in [4.78, 5) is 10.7. The van der Waals surface area contributed by atoms with Gasteiger partial charge in [0.15, 0.2) is 0 Å². The predicted octanol–water partition coefficient (Wildman–Crippen LogP) is 2.48. The minimum Gasteiger partial charge on any atom is -0.397 e. The van der Waals surface area contributed by atoms with Gasteiger partial charge in [-0.3, -0.25) is 0 Å². The van der Waals surface area contributed by atoms with Crippen molar-refractivity contribution < 1.29 is 0 Å². The van der Waals surface area contributed by atoms with E-state index in [0.29, 0.717) is 6.54 Å². The van der Waals surface area contributed by atoms with Crippen molar-refractivity contribution in [3.05, 3.63) is 48.5 Å². The van der Waals surface area contributed by atoms with Gasteiger partial charge in [0, 0.05) is 18.9 Å². The fourth-order valence-corrected chi connectivity index (χ4v) is 1.91. The molecule has 2 N–H and O–H groups in total. The lowest BCUT2D eigenvalue weighted by molar-refractivity contribution is 0.736. The SMILES string of the molecule is CCCN(Cc1ncccn1)c1ccccc1N. The molecule has 0 atom stereocenters. The average molecular weight is 242 g/mol. The van der Waals surface area contributed by atoms with Crippen molar-refractivity contribution in [1.82, 2.24) is 9.97 Å². The van der Waals surface area contributed by atoms with Gasteiger partial charge in [0.2, 0.25) is 0 Å². The molecule has 0 aliphatic heterocycles. The summed E-state index contributed by atoms with van der Waals surface area (Å²) >= 11 is 0. The normalized spacial score (nSPS) is 10.3. The Morgan fingerprint density at radius 1 is 1.11 bits per heavy atom. The minimum absolute atomic E-state index is 0.683. The third-order valence-corrected chi connectivity index (χ3v) is 2.72. The second-order valence-corrected chi connectivity index (χ2v) is 4.15. The second-order valence-electron chi connectivity index (χ2n) is 4.15. The van der Waals surface area contributed by atoms with Crippen LogP contribution in [0.4, 0.5) is 11.4 Å². The highest BCUT2D eigenvalue weighted by Crippen LogP contribution is 2.23. The first kappa shape index (κ1) is 12.4. The Morgan fingerprint density at radius 2 is 1.83 bits per heavy atom. The van der Waals surface area contributed by atoms with E-state index in [2.05, 4.69) is 21.8 Å². The molecule has 0 spiro atoms. The van der Waals surface area contributed by atoms with Crippen molar-refractivity contribution in [3.63, 3.8) is 0 Å². The number of aromatic nitrogens is 2. The molecule has 0 aliphatic rings. The highest BCUT2D eigenvalue weighted by atomic mass is 15.2. The fraction of sp³-hybridized carbons (Fsp3) is 0.286. The van der Waals surface area contributed by atoms with Crippen LogP contribution in [0.5, 0.6) is 0 Å². The summed E-state index contributed by atoms with van der Waals surface area (Å²) in [5.74, 6) is 0.814. The molecule has 94 valence electrons. The highest BCUT2D eigenvalue weighted by Gasteiger charge is 2.10. The summed E-state index contributed by atoms with van der Waals surface area (Å²) in [7, 11) is 0. The zero-order valence-corrected chi connectivity index (χ0v) is 10.6. The molecule has 0 unspecified atom stereocenters. The first-order chi connectivity index (χ1) is 8.81. The lowest BCUT2D eigenvalue weighted by Crippen LogP contribution is -2.25. The van der Waals surface area contributed by atoms with Crippen LogP contribution >= 0.6 is 0 Å². The van der Waals surface area contributed by atoms with E-state index < -0.39 is 0 Å². The molecule has 2 rings (SSSR count). The standard InChI is InChI=1S/C14H18N4/c1-2-10-18(11-14-16-8-5-9-17-14)13-7-4-3-6-12(13)15/h3-9H,2,10-11,15H2,1H3. The van der Waals surface area contributed by atoms with Gasteiger partial charge >= 0.3 is 0 Å². The molecule has 18 heavy (non-hydrogen) atoms. The van der Waals surface area contributed by atoms with E-state index in [4.69, 9.17) is 5.73 Å². The molecule has 0 saturated heterocycles. The number of nitrogens with zero attached hydrogens (tertiary/aromatic N) is 3. The second kappa shape index (κ2) is 6.00. The molecule has 1 aromatic carbocycles. The van der Waals surface area contributed by atoms with Crippen LogP contribution in [0, 0.1) is 0 Å². The van der Waals surface area contributed by atoms with E-state index >= 15 is 0 Å². The van der Waals surface area contributed by atoms with Gasteiger partial charge < -0.3 is 10.6 Å². The monoisotopic (exact) mass is 242 g/mol. The van der Waals surface area contributed by atoms with Gasteiger partial charge in [-0.15, -0.1) is 0 Å². The Morgan fingerprint density at radius 3 is 2.50 bits per heavy atom. The van der Waals surface area contributed by atoms with E-state index in [1.165, 1.54) is 0 Å². The zero-order valence-electron chi connectivity index (χ0n) is 10.6. The summed E-state index contributed by atoms with van der Waals surface area (Å²) in [6.07, 6.45) is 4.59. The maximum atomic E-state index is 6.02. The van der Waals surface area contributed by atoms with Crippen LogP contribution in [-0.4, -0.2) is 16.5 Å². The van der Waals surface area contributed by atoms with Crippen molar-refractivity contribution in [2.24, 2.45) is 0 Å². The van der Waals surface area contributed by atoms with Crippen molar-refractivity contribution in [2.75, 3.05) is 17.2 Å². The lowest BCUT2D eigenvalue weighted by Gasteiger charge is -2.24. The lowest BCUT2D eigenvalue weighted by atomic mass is 10.2. The molecular weight excluding hydrogens is 224 g/mol. The predicted molar refractivity (Wildman–Crippen MR) is 74.2 cm³/mol.